The van der Waals surface area contributed by atoms with Gasteiger partial charge in [-0.05, 0) is 65.6 Å². The smallest absolute Gasteiger partial charge is 0.314 e. The highest BCUT2D eigenvalue weighted by Crippen LogP contribution is 2.48. The van der Waals surface area contributed by atoms with Gasteiger partial charge in [-0.1, -0.05) is 25.3 Å². The molecule has 0 aromatic heterocycles. The number of methoxy groups -OCH3 is 1. The largest absolute Gasteiger partial charge is 0.495 e. The quantitative estimate of drug-likeness (QED) is 0.848. The molecular weight excluding hydrogens is 344 g/mol. The van der Waals surface area contributed by atoms with Crippen molar-refractivity contribution in [3.05, 3.63) is 27.2 Å². The van der Waals surface area contributed by atoms with Crippen LogP contribution in [0.1, 0.15) is 61.6 Å². The highest BCUT2D eigenvalue weighted by atomic mass is 79.9. The second kappa shape index (κ2) is 6.23. The SMILES string of the molecule is COc1c(C2(C(=O)O)CCCCC2)cc2c(c1Br)CCCC2. The second-order valence-electron chi connectivity index (χ2n) is 6.56. The number of fused-ring (bicyclic) bond motifs is 1. The van der Waals surface area contributed by atoms with Crippen LogP contribution >= 0.6 is 15.9 Å². The van der Waals surface area contributed by atoms with Crippen LogP contribution in [0.15, 0.2) is 10.5 Å². The Bertz CT molecular complexity index is 588. The van der Waals surface area contributed by atoms with Gasteiger partial charge in [0.2, 0.25) is 0 Å². The first-order valence-electron chi connectivity index (χ1n) is 8.22. The van der Waals surface area contributed by atoms with E-state index in [4.69, 9.17) is 4.74 Å². The van der Waals surface area contributed by atoms with Gasteiger partial charge in [0.15, 0.2) is 0 Å². The first-order chi connectivity index (χ1) is 10.6. The second-order valence-corrected chi connectivity index (χ2v) is 7.36. The molecule has 3 rings (SSSR count). The van der Waals surface area contributed by atoms with E-state index in [0.717, 1.165) is 47.9 Å². The van der Waals surface area contributed by atoms with Crippen molar-refractivity contribution < 1.29 is 14.6 Å². The first-order valence-corrected chi connectivity index (χ1v) is 9.01. The normalized spacial score (nSPS) is 20.3. The van der Waals surface area contributed by atoms with Crippen molar-refractivity contribution in [1.82, 2.24) is 0 Å². The lowest BCUT2D eigenvalue weighted by Crippen LogP contribution is -2.38. The summed E-state index contributed by atoms with van der Waals surface area (Å²) in [5, 5.41) is 9.99. The third kappa shape index (κ3) is 2.45. The van der Waals surface area contributed by atoms with E-state index in [2.05, 4.69) is 22.0 Å². The summed E-state index contributed by atoms with van der Waals surface area (Å²) in [5.74, 6) is 0.0399. The van der Waals surface area contributed by atoms with Gasteiger partial charge in [0.1, 0.15) is 5.75 Å². The van der Waals surface area contributed by atoms with Crippen molar-refractivity contribution in [1.29, 1.82) is 0 Å². The van der Waals surface area contributed by atoms with E-state index in [-0.39, 0.29) is 0 Å². The Labute approximate surface area is 140 Å². The van der Waals surface area contributed by atoms with Gasteiger partial charge in [0, 0.05) is 5.56 Å². The highest BCUT2D eigenvalue weighted by Gasteiger charge is 2.44. The maximum atomic E-state index is 12.2. The minimum absolute atomic E-state index is 0.701. The molecule has 1 aromatic rings. The van der Waals surface area contributed by atoms with Crippen LogP contribution in [0.2, 0.25) is 0 Å². The van der Waals surface area contributed by atoms with Crippen LogP contribution in [0.25, 0.3) is 0 Å². The molecule has 1 N–H and O–H groups in total. The molecule has 1 aromatic carbocycles. The Morgan fingerprint density at radius 3 is 2.50 bits per heavy atom. The van der Waals surface area contributed by atoms with Gasteiger partial charge in [-0.2, -0.15) is 0 Å². The Morgan fingerprint density at radius 1 is 1.18 bits per heavy atom. The van der Waals surface area contributed by atoms with E-state index in [0.29, 0.717) is 12.8 Å². The number of carboxylic acids is 1. The molecule has 0 aliphatic heterocycles. The fraction of sp³-hybridized carbons (Fsp3) is 0.611. The van der Waals surface area contributed by atoms with Crippen molar-refractivity contribution >= 4 is 21.9 Å². The van der Waals surface area contributed by atoms with Crippen molar-refractivity contribution in [3.8, 4) is 5.75 Å². The standard InChI is InChI=1S/C18H23BrO3/c1-22-16-14(18(17(20)21)9-5-2-6-10-18)11-12-7-3-4-8-13(12)15(16)19/h11H,2-10H2,1H3,(H,20,21). The molecule has 2 aliphatic carbocycles. The Kier molecular flexibility index (Phi) is 4.49. The molecule has 0 amide bonds. The number of carbonyl (C=O) groups is 1. The molecule has 22 heavy (non-hydrogen) atoms. The Morgan fingerprint density at radius 2 is 1.86 bits per heavy atom. The van der Waals surface area contributed by atoms with Crippen molar-refractivity contribution in [2.75, 3.05) is 7.11 Å². The van der Waals surface area contributed by atoms with Gasteiger partial charge in [0.05, 0.1) is 17.0 Å². The Hall–Kier alpha value is -1.03. The summed E-state index contributed by atoms with van der Waals surface area (Å²) >= 11 is 3.70. The Balaban J connectivity index is 2.20. The molecule has 0 spiro atoms. The minimum Gasteiger partial charge on any atom is -0.495 e. The molecule has 0 bridgehead atoms. The first kappa shape index (κ1) is 15.9. The molecule has 2 aliphatic rings. The van der Waals surface area contributed by atoms with Crippen molar-refractivity contribution in [3.63, 3.8) is 0 Å². The van der Waals surface area contributed by atoms with E-state index in [1.807, 2.05) is 0 Å². The van der Waals surface area contributed by atoms with Crippen LogP contribution in [0.3, 0.4) is 0 Å². The van der Waals surface area contributed by atoms with Gasteiger partial charge >= 0.3 is 5.97 Å². The number of rotatable bonds is 3. The maximum absolute atomic E-state index is 12.2. The number of aliphatic carboxylic acids is 1. The summed E-state index contributed by atoms with van der Waals surface area (Å²) in [5.41, 5.74) is 2.72. The zero-order valence-corrected chi connectivity index (χ0v) is 14.7. The fourth-order valence-corrected chi connectivity index (χ4v) is 4.97. The molecule has 1 saturated carbocycles. The van der Waals surface area contributed by atoms with Gasteiger partial charge in [-0.3, -0.25) is 4.79 Å². The average molecular weight is 367 g/mol. The molecule has 120 valence electrons. The van der Waals surface area contributed by atoms with Crippen LogP contribution in [0, 0.1) is 0 Å². The summed E-state index contributed by atoms with van der Waals surface area (Å²) in [6.45, 7) is 0. The lowest BCUT2D eigenvalue weighted by atomic mass is 9.68. The van der Waals surface area contributed by atoms with E-state index < -0.39 is 11.4 Å². The molecule has 4 heteroatoms. The molecule has 0 saturated heterocycles. The summed E-state index contributed by atoms with van der Waals surface area (Å²) in [6, 6.07) is 2.14. The number of benzene rings is 1. The molecule has 0 unspecified atom stereocenters. The average Bonchev–Trinajstić information content (AvgIpc) is 2.55. The third-order valence-corrected chi connectivity index (χ3v) is 6.21. The van der Waals surface area contributed by atoms with E-state index >= 15 is 0 Å². The topological polar surface area (TPSA) is 46.5 Å². The number of carboxylic acid groups (broad SMARTS) is 1. The van der Waals surface area contributed by atoms with Crippen LogP contribution in [0.4, 0.5) is 0 Å². The molecule has 0 heterocycles. The van der Waals surface area contributed by atoms with E-state index in [1.165, 1.54) is 24.0 Å². The van der Waals surface area contributed by atoms with Crippen LogP contribution in [0.5, 0.6) is 5.75 Å². The maximum Gasteiger partial charge on any atom is 0.314 e. The number of ether oxygens (including phenoxy) is 1. The molecule has 3 nitrogen and oxygen atoms in total. The summed E-state index contributed by atoms with van der Waals surface area (Å²) in [6.07, 6.45) is 8.97. The number of aryl methyl sites for hydroxylation is 1. The van der Waals surface area contributed by atoms with Gasteiger partial charge < -0.3 is 9.84 Å². The van der Waals surface area contributed by atoms with E-state index in [9.17, 15) is 9.90 Å². The van der Waals surface area contributed by atoms with E-state index in [1.54, 1.807) is 7.11 Å². The lowest BCUT2D eigenvalue weighted by Gasteiger charge is -2.36. The minimum atomic E-state index is -0.779. The number of halogens is 1. The molecule has 0 radical (unpaired) electrons. The number of hydrogen-bond donors (Lipinski definition) is 1. The summed E-state index contributed by atoms with van der Waals surface area (Å²) < 4.78 is 6.64. The van der Waals surface area contributed by atoms with Crippen molar-refractivity contribution in [2.24, 2.45) is 0 Å². The molecule has 0 atom stereocenters. The predicted octanol–water partition coefficient (Wildman–Crippen LogP) is 4.62. The highest BCUT2D eigenvalue weighted by molar-refractivity contribution is 9.10. The predicted molar refractivity (Wildman–Crippen MR) is 89.7 cm³/mol. The van der Waals surface area contributed by atoms with Crippen LogP contribution < -0.4 is 4.74 Å². The fourth-order valence-electron chi connectivity index (χ4n) is 4.14. The van der Waals surface area contributed by atoms with Crippen LogP contribution in [-0.4, -0.2) is 18.2 Å². The van der Waals surface area contributed by atoms with Gasteiger partial charge in [-0.15, -0.1) is 0 Å². The zero-order valence-electron chi connectivity index (χ0n) is 13.1. The monoisotopic (exact) mass is 366 g/mol. The van der Waals surface area contributed by atoms with Gasteiger partial charge in [-0.25, -0.2) is 0 Å². The number of hydrogen-bond acceptors (Lipinski definition) is 2. The summed E-state index contributed by atoms with van der Waals surface area (Å²) in [7, 11) is 1.65. The zero-order chi connectivity index (χ0) is 15.7. The van der Waals surface area contributed by atoms with Crippen molar-refractivity contribution in [2.45, 2.75) is 63.2 Å². The molecule has 1 fully saturated rings. The summed E-state index contributed by atoms with van der Waals surface area (Å²) in [4.78, 5) is 12.2. The van der Waals surface area contributed by atoms with Gasteiger partial charge in [0.25, 0.3) is 0 Å². The lowest BCUT2D eigenvalue weighted by molar-refractivity contribution is -0.145. The molecular formula is C18H23BrO3. The van der Waals surface area contributed by atoms with Crippen LogP contribution in [-0.2, 0) is 23.1 Å². The third-order valence-electron chi connectivity index (χ3n) is 5.37.